The van der Waals surface area contributed by atoms with Crippen molar-refractivity contribution in [1.29, 1.82) is 0 Å². The third-order valence-electron chi connectivity index (χ3n) is 5.24. The molecule has 27 heavy (non-hydrogen) atoms. The highest BCUT2D eigenvalue weighted by Crippen LogP contribution is 2.43. The summed E-state index contributed by atoms with van der Waals surface area (Å²) >= 11 is 10.1. The highest BCUT2D eigenvalue weighted by atomic mass is 32.2. The Morgan fingerprint density at radius 1 is 0.704 bits per heavy atom. The molecule has 0 aromatic heterocycles. The fourth-order valence-corrected chi connectivity index (χ4v) is 8.97. The molecule has 4 nitrogen and oxygen atoms in total. The van der Waals surface area contributed by atoms with Crippen LogP contribution >= 0.6 is 58.8 Å². The molecule has 0 aromatic carbocycles. The van der Waals surface area contributed by atoms with Gasteiger partial charge in [-0.1, -0.05) is 0 Å². The maximum atomic E-state index is 6.49. The van der Waals surface area contributed by atoms with Crippen molar-refractivity contribution >= 4 is 58.8 Å². The van der Waals surface area contributed by atoms with Gasteiger partial charge in [0.2, 0.25) is 0 Å². The monoisotopic (exact) mass is 472 g/mol. The minimum Gasteiger partial charge on any atom is -0.349 e. The summed E-state index contributed by atoms with van der Waals surface area (Å²) in [5.74, 6) is 11.6. The standard InChI is InChI=1S/C18H32O4S5/c1-17-13-19-16-12-27-10-8-25-6-4-23-3-5-24-7-9-26-11-15(20-14-21-17)18(17,2)22-16/h15-16H,3-14H2,1-2H3/t15?,16?,17-,18-/m0/s1. The van der Waals surface area contributed by atoms with E-state index in [2.05, 4.69) is 49.1 Å². The molecule has 0 N–H and O–H groups in total. The second-order valence-electron chi connectivity index (χ2n) is 7.10. The largest absolute Gasteiger partial charge is 0.349 e. The van der Waals surface area contributed by atoms with Crippen molar-refractivity contribution < 1.29 is 18.9 Å². The predicted molar refractivity (Wildman–Crippen MR) is 125 cm³/mol. The van der Waals surface area contributed by atoms with Crippen molar-refractivity contribution in [3.05, 3.63) is 0 Å². The summed E-state index contributed by atoms with van der Waals surface area (Å²) in [7, 11) is 0. The third kappa shape index (κ3) is 6.53. The van der Waals surface area contributed by atoms with Gasteiger partial charge >= 0.3 is 0 Å². The van der Waals surface area contributed by atoms with E-state index in [9.17, 15) is 0 Å². The number of fused-ring (bicyclic) bond motifs is 1. The number of rotatable bonds is 0. The molecule has 3 aliphatic rings. The molecule has 0 saturated carbocycles. The van der Waals surface area contributed by atoms with Crippen LogP contribution in [0.4, 0.5) is 0 Å². The van der Waals surface area contributed by atoms with Crippen LogP contribution in [0.25, 0.3) is 0 Å². The fraction of sp³-hybridized carbons (Fsp3) is 1.00. The van der Waals surface area contributed by atoms with Gasteiger partial charge in [0.05, 0.1) is 6.61 Å². The fourth-order valence-electron chi connectivity index (χ4n) is 3.27. The van der Waals surface area contributed by atoms with Crippen molar-refractivity contribution in [3.8, 4) is 0 Å². The van der Waals surface area contributed by atoms with E-state index >= 15 is 0 Å². The average molecular weight is 473 g/mol. The summed E-state index contributed by atoms with van der Waals surface area (Å²) in [6.07, 6.45) is -0.139. The smallest absolute Gasteiger partial charge is 0.167 e. The molecule has 9 heteroatoms. The number of hydrogen-bond donors (Lipinski definition) is 0. The summed E-state index contributed by atoms with van der Waals surface area (Å²) in [5.41, 5.74) is -0.915. The lowest BCUT2D eigenvalue weighted by Crippen LogP contribution is -2.71. The second kappa shape index (κ2) is 11.8. The summed E-state index contributed by atoms with van der Waals surface area (Å²) < 4.78 is 24.5. The number of thioether (sulfide) groups is 5. The highest BCUT2D eigenvalue weighted by Gasteiger charge is 2.59. The van der Waals surface area contributed by atoms with E-state index in [1.54, 1.807) is 0 Å². The van der Waals surface area contributed by atoms with Gasteiger partial charge in [0, 0.05) is 57.5 Å². The molecular formula is C18H32O4S5. The van der Waals surface area contributed by atoms with Gasteiger partial charge < -0.3 is 18.9 Å². The first kappa shape index (κ1) is 23.3. The van der Waals surface area contributed by atoms with E-state index in [4.69, 9.17) is 18.9 Å². The summed E-state index contributed by atoms with van der Waals surface area (Å²) in [4.78, 5) is 0. The van der Waals surface area contributed by atoms with Gasteiger partial charge in [-0.05, 0) is 13.8 Å². The topological polar surface area (TPSA) is 36.9 Å². The van der Waals surface area contributed by atoms with Crippen molar-refractivity contribution in [1.82, 2.24) is 0 Å². The zero-order valence-corrected chi connectivity index (χ0v) is 20.4. The molecule has 0 radical (unpaired) electrons. The summed E-state index contributed by atoms with van der Waals surface area (Å²) in [6, 6.07) is 0. The van der Waals surface area contributed by atoms with Gasteiger partial charge in [-0.2, -0.15) is 58.8 Å². The number of ether oxygens (including phenoxy) is 4. The Kier molecular flexibility index (Phi) is 10.2. The van der Waals surface area contributed by atoms with Crippen molar-refractivity contribution in [3.63, 3.8) is 0 Å². The average Bonchev–Trinajstić information content (AvgIpc) is 2.65. The molecule has 3 fully saturated rings. The molecule has 3 rings (SSSR count). The minimum atomic E-state index is -0.469. The zero-order valence-electron chi connectivity index (χ0n) is 16.3. The van der Waals surface area contributed by atoms with Crippen LogP contribution in [0.3, 0.4) is 0 Å². The summed E-state index contributed by atoms with van der Waals surface area (Å²) in [6.45, 7) is 5.16. The Morgan fingerprint density at radius 3 is 1.89 bits per heavy atom. The molecule has 3 heterocycles. The maximum Gasteiger partial charge on any atom is 0.167 e. The normalized spacial score (nSPS) is 41.1. The first-order valence-electron chi connectivity index (χ1n) is 9.58. The van der Waals surface area contributed by atoms with Crippen LogP contribution in [-0.2, 0) is 18.9 Å². The molecule has 0 spiro atoms. The Labute approximate surface area is 185 Å². The van der Waals surface area contributed by atoms with Gasteiger partial charge in [0.15, 0.2) is 6.29 Å². The van der Waals surface area contributed by atoms with Crippen LogP contribution < -0.4 is 0 Å². The zero-order chi connectivity index (χ0) is 19.0. The van der Waals surface area contributed by atoms with E-state index in [-0.39, 0.29) is 12.4 Å². The first-order chi connectivity index (χ1) is 13.1. The maximum absolute atomic E-state index is 6.49. The van der Waals surface area contributed by atoms with Crippen molar-refractivity contribution in [2.24, 2.45) is 0 Å². The lowest BCUT2D eigenvalue weighted by molar-refractivity contribution is -0.395. The molecule has 3 saturated heterocycles. The first-order valence-corrected chi connectivity index (χ1v) is 15.4. The second-order valence-corrected chi connectivity index (χ2v) is 13.1. The molecular weight excluding hydrogens is 441 g/mol. The quantitative estimate of drug-likeness (QED) is 0.521. The van der Waals surface area contributed by atoms with E-state index in [1.807, 2.05) is 23.5 Å². The predicted octanol–water partition coefficient (Wildman–Crippen LogP) is 3.93. The third-order valence-corrected chi connectivity index (χ3v) is 11.3. The Balaban J connectivity index is 1.59. The van der Waals surface area contributed by atoms with Crippen LogP contribution in [0.15, 0.2) is 0 Å². The minimum absolute atomic E-state index is 0.0378. The van der Waals surface area contributed by atoms with Gasteiger partial charge in [-0.3, -0.25) is 0 Å². The van der Waals surface area contributed by atoms with Crippen molar-refractivity contribution in [2.45, 2.75) is 37.4 Å². The van der Waals surface area contributed by atoms with E-state index in [0.717, 1.165) is 23.0 Å². The van der Waals surface area contributed by atoms with Gasteiger partial charge in [-0.15, -0.1) is 0 Å². The van der Waals surface area contributed by atoms with Crippen LogP contribution in [-0.4, -0.2) is 94.5 Å². The van der Waals surface area contributed by atoms with Crippen LogP contribution in [0.5, 0.6) is 0 Å². The molecule has 2 unspecified atom stereocenters. The van der Waals surface area contributed by atoms with Gasteiger partial charge in [-0.25, -0.2) is 0 Å². The van der Waals surface area contributed by atoms with Gasteiger partial charge in [0.1, 0.15) is 24.1 Å². The molecule has 2 bridgehead atoms. The van der Waals surface area contributed by atoms with Crippen molar-refractivity contribution in [2.75, 3.05) is 70.9 Å². The van der Waals surface area contributed by atoms with Gasteiger partial charge in [0.25, 0.3) is 0 Å². The highest BCUT2D eigenvalue weighted by molar-refractivity contribution is 8.05. The van der Waals surface area contributed by atoms with Crippen LogP contribution in [0, 0.1) is 0 Å². The van der Waals surface area contributed by atoms with E-state index < -0.39 is 11.2 Å². The SMILES string of the molecule is C[C@]12OC3CSCCSCCSCCSCCSCC1OCO[C@@]2(C)CO3. The molecule has 158 valence electrons. The van der Waals surface area contributed by atoms with E-state index in [1.165, 1.54) is 34.5 Å². The number of hydrogen-bond acceptors (Lipinski definition) is 9. The molecule has 0 amide bonds. The lowest BCUT2D eigenvalue weighted by atomic mass is 9.80. The molecule has 3 aliphatic heterocycles. The van der Waals surface area contributed by atoms with Crippen LogP contribution in [0.1, 0.15) is 13.8 Å². The lowest BCUT2D eigenvalue weighted by Gasteiger charge is -2.56. The Morgan fingerprint density at radius 2 is 1.26 bits per heavy atom. The molecule has 0 aliphatic carbocycles. The molecule has 0 aromatic rings. The summed E-state index contributed by atoms with van der Waals surface area (Å²) in [5, 5.41) is 0. The van der Waals surface area contributed by atoms with E-state index in [0.29, 0.717) is 13.4 Å². The molecule has 4 atom stereocenters. The Bertz CT molecular complexity index is 446. The Hall–Kier alpha value is 1.59. The van der Waals surface area contributed by atoms with Crippen LogP contribution in [0.2, 0.25) is 0 Å².